The first-order chi connectivity index (χ1) is 12.2. The fourth-order valence-electron chi connectivity index (χ4n) is 2.40. The largest absolute Gasteiger partial charge is 0.465 e. The molecule has 8 nitrogen and oxygen atoms in total. The molecule has 1 fully saturated rings. The number of carbonyl (C=O) groups excluding carboxylic acids is 2. The van der Waals surface area contributed by atoms with E-state index >= 15 is 0 Å². The van der Waals surface area contributed by atoms with E-state index in [2.05, 4.69) is 20.3 Å². The van der Waals surface area contributed by atoms with Crippen molar-refractivity contribution < 1.29 is 19.1 Å². The summed E-state index contributed by atoms with van der Waals surface area (Å²) < 4.78 is 9.89. The molecule has 2 heterocycles. The predicted octanol–water partition coefficient (Wildman–Crippen LogP) is 1.48. The monoisotopic (exact) mass is 342 g/mol. The van der Waals surface area contributed by atoms with Crippen molar-refractivity contribution in [2.24, 2.45) is 0 Å². The Hall–Kier alpha value is -3.00. The van der Waals surface area contributed by atoms with Crippen molar-refractivity contribution in [3.63, 3.8) is 0 Å². The summed E-state index contributed by atoms with van der Waals surface area (Å²) in [6.45, 7) is 2.21. The van der Waals surface area contributed by atoms with Crippen LogP contribution in [0.4, 0.5) is 11.5 Å². The van der Waals surface area contributed by atoms with Crippen LogP contribution in [0.3, 0.4) is 0 Å². The molecule has 1 aliphatic heterocycles. The highest BCUT2D eigenvalue weighted by atomic mass is 16.5. The Labute approximate surface area is 144 Å². The second kappa shape index (κ2) is 7.71. The minimum Gasteiger partial charge on any atom is -0.465 e. The molecule has 0 bridgehead atoms. The lowest BCUT2D eigenvalue weighted by Crippen LogP contribution is -2.41. The molecule has 0 unspecified atom stereocenters. The zero-order chi connectivity index (χ0) is 17.6. The molecule has 0 spiro atoms. The van der Waals surface area contributed by atoms with Gasteiger partial charge in [-0.1, -0.05) is 0 Å². The average Bonchev–Trinajstić information content (AvgIpc) is 2.68. The molecule has 25 heavy (non-hydrogen) atoms. The first-order valence-corrected chi connectivity index (χ1v) is 7.83. The molecule has 3 rings (SSSR count). The van der Waals surface area contributed by atoms with Gasteiger partial charge in [0.05, 0.1) is 25.9 Å². The summed E-state index contributed by atoms with van der Waals surface area (Å²) in [5.41, 5.74) is 1.51. The molecule has 1 aromatic heterocycles. The maximum atomic E-state index is 12.3. The Kier molecular flexibility index (Phi) is 5.20. The number of nitrogens with zero attached hydrogens (tertiary/aromatic N) is 3. The first-order valence-electron chi connectivity index (χ1n) is 7.83. The highest BCUT2D eigenvalue weighted by Crippen LogP contribution is 2.16. The van der Waals surface area contributed by atoms with Crippen molar-refractivity contribution in [3.8, 4) is 0 Å². The van der Waals surface area contributed by atoms with Gasteiger partial charge in [-0.2, -0.15) is 0 Å². The third kappa shape index (κ3) is 4.10. The molecule has 0 atom stereocenters. The second-order valence-electron chi connectivity index (χ2n) is 5.40. The van der Waals surface area contributed by atoms with E-state index in [-0.39, 0.29) is 5.91 Å². The molecule has 2 aromatic rings. The number of nitrogens with one attached hydrogen (secondary N) is 1. The number of ether oxygens (including phenoxy) is 2. The van der Waals surface area contributed by atoms with E-state index in [1.807, 2.05) is 0 Å². The number of methoxy groups -OCH3 is 1. The number of aromatic nitrogens is 2. The Balaban J connectivity index is 1.64. The summed E-state index contributed by atoms with van der Waals surface area (Å²) in [4.78, 5) is 25.4. The van der Waals surface area contributed by atoms with Gasteiger partial charge in [0.15, 0.2) is 11.5 Å². The summed E-state index contributed by atoms with van der Waals surface area (Å²) in [7, 11) is 1.34. The fraction of sp³-hybridized carbons (Fsp3) is 0.294. The van der Waals surface area contributed by atoms with Crippen LogP contribution in [-0.2, 0) is 9.47 Å². The van der Waals surface area contributed by atoms with Gasteiger partial charge in [0, 0.05) is 18.8 Å². The third-order valence-corrected chi connectivity index (χ3v) is 3.76. The van der Waals surface area contributed by atoms with E-state index < -0.39 is 5.97 Å². The topological polar surface area (TPSA) is 93.7 Å². The summed E-state index contributed by atoms with van der Waals surface area (Å²) in [5.74, 6) is -0.0357. The number of rotatable bonds is 4. The molecule has 8 heteroatoms. The van der Waals surface area contributed by atoms with Crippen LogP contribution in [0.25, 0.3) is 0 Å². The van der Waals surface area contributed by atoms with Crippen molar-refractivity contribution >= 4 is 23.4 Å². The van der Waals surface area contributed by atoms with Crippen molar-refractivity contribution in [3.05, 3.63) is 47.7 Å². The van der Waals surface area contributed by atoms with Gasteiger partial charge >= 0.3 is 5.97 Å². The third-order valence-electron chi connectivity index (χ3n) is 3.76. The van der Waals surface area contributed by atoms with E-state index in [0.29, 0.717) is 43.4 Å². The maximum absolute atomic E-state index is 12.3. The predicted molar refractivity (Wildman–Crippen MR) is 89.8 cm³/mol. The summed E-state index contributed by atoms with van der Waals surface area (Å²) >= 11 is 0. The fourth-order valence-corrected chi connectivity index (χ4v) is 2.40. The van der Waals surface area contributed by atoms with Gasteiger partial charge in [-0.05, 0) is 36.4 Å². The van der Waals surface area contributed by atoms with E-state index in [4.69, 9.17) is 4.74 Å². The Bertz CT molecular complexity index is 740. The Morgan fingerprint density at radius 1 is 1.08 bits per heavy atom. The van der Waals surface area contributed by atoms with Crippen molar-refractivity contribution in [2.45, 2.75) is 0 Å². The highest BCUT2D eigenvalue weighted by Gasteiger charge is 2.19. The van der Waals surface area contributed by atoms with Crippen LogP contribution in [0.2, 0.25) is 0 Å². The van der Waals surface area contributed by atoms with Gasteiger partial charge in [0.2, 0.25) is 0 Å². The van der Waals surface area contributed by atoms with Crippen LogP contribution in [0, 0.1) is 0 Å². The number of hydrogen-bond donors (Lipinski definition) is 1. The van der Waals surface area contributed by atoms with Crippen molar-refractivity contribution in [2.75, 3.05) is 38.7 Å². The molecule has 0 aliphatic carbocycles. The summed E-state index contributed by atoms with van der Waals surface area (Å²) in [5, 5.41) is 11.1. The number of benzene rings is 1. The molecular formula is C17H18N4O4. The highest BCUT2D eigenvalue weighted by molar-refractivity contribution is 5.92. The number of carbonyl (C=O) groups is 2. The smallest absolute Gasteiger partial charge is 0.337 e. The van der Waals surface area contributed by atoms with Gasteiger partial charge < -0.3 is 19.7 Å². The van der Waals surface area contributed by atoms with E-state index in [9.17, 15) is 9.59 Å². The maximum Gasteiger partial charge on any atom is 0.337 e. The van der Waals surface area contributed by atoms with Gasteiger partial charge in [-0.15, -0.1) is 10.2 Å². The van der Waals surface area contributed by atoms with Gasteiger partial charge in [0.25, 0.3) is 5.91 Å². The number of esters is 1. The molecule has 1 aliphatic rings. The van der Waals surface area contributed by atoms with Crippen LogP contribution in [0.5, 0.6) is 0 Å². The zero-order valence-corrected chi connectivity index (χ0v) is 13.8. The molecule has 0 saturated carbocycles. The SMILES string of the molecule is COC(=O)c1ccc(Nc2ccc(C(=O)N3CCOCC3)nn2)cc1. The normalized spacial score (nSPS) is 14.0. The molecule has 0 radical (unpaired) electrons. The molecule has 1 N–H and O–H groups in total. The molecular weight excluding hydrogens is 324 g/mol. The van der Waals surface area contributed by atoms with Crippen LogP contribution < -0.4 is 5.32 Å². The zero-order valence-electron chi connectivity index (χ0n) is 13.8. The van der Waals surface area contributed by atoms with Crippen LogP contribution in [-0.4, -0.2) is 60.4 Å². The molecule has 1 aromatic carbocycles. The van der Waals surface area contributed by atoms with E-state index in [0.717, 1.165) is 5.69 Å². The summed E-state index contributed by atoms with van der Waals surface area (Å²) in [6.07, 6.45) is 0. The van der Waals surface area contributed by atoms with E-state index in [1.165, 1.54) is 7.11 Å². The first kappa shape index (κ1) is 16.8. The number of amides is 1. The van der Waals surface area contributed by atoms with Crippen LogP contribution in [0.15, 0.2) is 36.4 Å². The lowest BCUT2D eigenvalue weighted by atomic mass is 10.2. The van der Waals surface area contributed by atoms with Crippen LogP contribution >= 0.6 is 0 Å². The van der Waals surface area contributed by atoms with Crippen LogP contribution in [0.1, 0.15) is 20.8 Å². The number of morpholine rings is 1. The molecule has 130 valence electrons. The Morgan fingerprint density at radius 3 is 2.40 bits per heavy atom. The lowest BCUT2D eigenvalue weighted by molar-refractivity contribution is 0.0298. The number of anilines is 2. The van der Waals surface area contributed by atoms with Gasteiger partial charge in [-0.25, -0.2) is 4.79 Å². The molecule has 1 saturated heterocycles. The van der Waals surface area contributed by atoms with Crippen molar-refractivity contribution in [1.29, 1.82) is 0 Å². The van der Waals surface area contributed by atoms with Gasteiger partial charge in [0.1, 0.15) is 0 Å². The minimum absolute atomic E-state index is 0.148. The van der Waals surface area contributed by atoms with Gasteiger partial charge in [-0.3, -0.25) is 4.79 Å². The summed E-state index contributed by atoms with van der Waals surface area (Å²) in [6, 6.07) is 10.1. The van der Waals surface area contributed by atoms with Crippen molar-refractivity contribution in [1.82, 2.24) is 15.1 Å². The number of hydrogen-bond acceptors (Lipinski definition) is 7. The molecule has 1 amide bonds. The second-order valence-corrected chi connectivity index (χ2v) is 5.40. The standard InChI is InChI=1S/C17H18N4O4/c1-24-17(23)12-2-4-13(5-3-12)18-15-7-6-14(19-20-15)16(22)21-8-10-25-11-9-21/h2-7H,8-11H2,1H3,(H,18,20). The quantitative estimate of drug-likeness (QED) is 0.841. The Morgan fingerprint density at radius 2 is 1.80 bits per heavy atom. The average molecular weight is 342 g/mol. The minimum atomic E-state index is -0.391. The van der Waals surface area contributed by atoms with E-state index in [1.54, 1.807) is 41.3 Å². The lowest BCUT2D eigenvalue weighted by Gasteiger charge is -2.26.